The molecule has 5 nitrogen and oxygen atoms in total. The first-order valence-electron chi connectivity index (χ1n) is 10.3. The third-order valence-electron chi connectivity index (χ3n) is 6.09. The maximum Gasteiger partial charge on any atom is 0.226 e. The van der Waals surface area contributed by atoms with Crippen LogP contribution in [0.5, 0.6) is 11.5 Å². The van der Waals surface area contributed by atoms with Crippen LogP contribution in [0.2, 0.25) is 0 Å². The molecule has 1 aromatic heterocycles. The Morgan fingerprint density at radius 1 is 0.931 bits per heavy atom. The zero-order valence-electron chi connectivity index (χ0n) is 17.2. The minimum Gasteiger partial charge on any atom is -0.497 e. The molecule has 4 rings (SSSR count). The van der Waals surface area contributed by atoms with E-state index in [-0.39, 0.29) is 5.41 Å². The fraction of sp³-hybridized carbons (Fsp3) is 0.417. The minimum absolute atomic E-state index is 0.216. The third-order valence-corrected chi connectivity index (χ3v) is 6.09. The molecule has 0 bridgehead atoms. The average molecular weight is 392 g/mol. The maximum atomic E-state index is 5.60. The van der Waals surface area contributed by atoms with Crippen molar-refractivity contribution in [3.05, 3.63) is 60.0 Å². The number of methoxy groups -OCH3 is 2. The van der Waals surface area contributed by atoms with Gasteiger partial charge in [0.15, 0.2) is 0 Å². The Morgan fingerprint density at radius 2 is 1.62 bits per heavy atom. The van der Waals surface area contributed by atoms with Crippen LogP contribution in [0.1, 0.15) is 50.0 Å². The summed E-state index contributed by atoms with van der Waals surface area (Å²) >= 11 is 0. The highest BCUT2D eigenvalue weighted by Gasteiger charge is 2.33. The van der Waals surface area contributed by atoms with Crippen molar-refractivity contribution < 1.29 is 14.0 Å². The number of ether oxygens (including phenoxy) is 2. The summed E-state index contributed by atoms with van der Waals surface area (Å²) in [5, 5.41) is 4.20. The number of hydrogen-bond acceptors (Lipinski definition) is 5. The standard InChI is InChI=1S/C24H28N2O3/c1-27-20-15-18(16-21(17-20)28-2)23-25-22(29-26-23)11-14-24(12-7-4-8-13-24)19-9-5-3-6-10-19/h3,5-6,9-10,15-17H,4,7-8,11-14H2,1-2H3. The summed E-state index contributed by atoms with van der Waals surface area (Å²) in [4.78, 5) is 4.65. The summed E-state index contributed by atoms with van der Waals surface area (Å²) in [6.07, 6.45) is 8.16. The van der Waals surface area contributed by atoms with E-state index in [0.717, 1.165) is 18.4 Å². The predicted molar refractivity (Wildman–Crippen MR) is 112 cm³/mol. The molecular formula is C24H28N2O3. The number of hydrogen-bond donors (Lipinski definition) is 0. The molecule has 1 saturated carbocycles. The van der Waals surface area contributed by atoms with E-state index in [0.29, 0.717) is 23.2 Å². The van der Waals surface area contributed by atoms with Crippen molar-refractivity contribution in [2.24, 2.45) is 0 Å². The number of rotatable bonds is 7. The second-order valence-electron chi connectivity index (χ2n) is 7.82. The highest BCUT2D eigenvalue weighted by molar-refractivity contribution is 5.60. The lowest BCUT2D eigenvalue weighted by Crippen LogP contribution is -2.29. The topological polar surface area (TPSA) is 57.4 Å². The van der Waals surface area contributed by atoms with Gasteiger partial charge < -0.3 is 14.0 Å². The van der Waals surface area contributed by atoms with Crippen molar-refractivity contribution in [2.75, 3.05) is 14.2 Å². The molecule has 2 aromatic carbocycles. The Morgan fingerprint density at radius 3 is 2.28 bits per heavy atom. The summed E-state index contributed by atoms with van der Waals surface area (Å²) in [6.45, 7) is 0. The van der Waals surface area contributed by atoms with E-state index >= 15 is 0 Å². The fourth-order valence-corrected chi connectivity index (χ4v) is 4.46. The van der Waals surface area contributed by atoms with Gasteiger partial charge in [0, 0.05) is 18.1 Å². The van der Waals surface area contributed by atoms with Gasteiger partial charge in [-0.3, -0.25) is 0 Å². The van der Waals surface area contributed by atoms with E-state index in [4.69, 9.17) is 14.0 Å². The van der Waals surface area contributed by atoms with Gasteiger partial charge in [0.1, 0.15) is 11.5 Å². The molecule has 0 unspecified atom stereocenters. The van der Waals surface area contributed by atoms with Crippen LogP contribution in [-0.2, 0) is 11.8 Å². The van der Waals surface area contributed by atoms with Crippen LogP contribution in [0, 0.1) is 0 Å². The van der Waals surface area contributed by atoms with E-state index in [2.05, 4.69) is 40.5 Å². The molecule has 0 saturated heterocycles. The van der Waals surface area contributed by atoms with E-state index in [1.807, 2.05) is 18.2 Å². The zero-order valence-corrected chi connectivity index (χ0v) is 17.2. The Bertz CT molecular complexity index is 908. The molecule has 0 aliphatic heterocycles. The number of nitrogens with zero attached hydrogens (tertiary/aromatic N) is 2. The van der Waals surface area contributed by atoms with Gasteiger partial charge in [0.25, 0.3) is 0 Å². The molecule has 152 valence electrons. The van der Waals surface area contributed by atoms with Crippen molar-refractivity contribution in [3.8, 4) is 22.9 Å². The molecule has 0 spiro atoms. The Labute approximate surface area is 172 Å². The van der Waals surface area contributed by atoms with Gasteiger partial charge in [-0.25, -0.2) is 0 Å². The molecule has 1 heterocycles. The Kier molecular flexibility index (Phi) is 5.84. The Balaban J connectivity index is 1.53. The lowest BCUT2D eigenvalue weighted by atomic mass is 9.67. The van der Waals surface area contributed by atoms with Gasteiger partial charge in [-0.15, -0.1) is 0 Å². The van der Waals surface area contributed by atoms with Gasteiger partial charge >= 0.3 is 0 Å². The van der Waals surface area contributed by atoms with E-state index < -0.39 is 0 Å². The van der Waals surface area contributed by atoms with Gasteiger partial charge in [-0.2, -0.15) is 4.98 Å². The average Bonchev–Trinajstić information content (AvgIpc) is 3.28. The number of aryl methyl sites for hydroxylation is 1. The molecule has 1 aliphatic carbocycles. The van der Waals surface area contributed by atoms with E-state index in [9.17, 15) is 0 Å². The first kappa shape index (κ1) is 19.5. The molecule has 0 N–H and O–H groups in total. The van der Waals surface area contributed by atoms with E-state index in [1.165, 1.54) is 37.7 Å². The first-order chi connectivity index (χ1) is 14.2. The Hall–Kier alpha value is -2.82. The van der Waals surface area contributed by atoms with Gasteiger partial charge in [-0.1, -0.05) is 54.8 Å². The van der Waals surface area contributed by atoms with Crippen LogP contribution in [-0.4, -0.2) is 24.4 Å². The molecule has 29 heavy (non-hydrogen) atoms. The summed E-state index contributed by atoms with van der Waals surface area (Å²) in [5.74, 6) is 2.66. The second kappa shape index (κ2) is 8.68. The monoisotopic (exact) mass is 392 g/mol. The summed E-state index contributed by atoms with van der Waals surface area (Å²) in [5.41, 5.74) is 2.48. The van der Waals surface area contributed by atoms with Crippen LogP contribution < -0.4 is 9.47 Å². The van der Waals surface area contributed by atoms with Crippen LogP contribution in [0.15, 0.2) is 53.1 Å². The molecule has 0 amide bonds. The number of benzene rings is 2. The zero-order chi connectivity index (χ0) is 20.1. The molecule has 5 heteroatoms. The normalized spacial score (nSPS) is 15.8. The molecule has 0 radical (unpaired) electrons. The highest BCUT2D eigenvalue weighted by Crippen LogP contribution is 2.43. The SMILES string of the molecule is COc1cc(OC)cc(-c2noc(CCC3(c4ccccc4)CCCCC3)n2)c1. The summed E-state index contributed by atoms with van der Waals surface area (Å²) in [6, 6.07) is 16.5. The highest BCUT2D eigenvalue weighted by atomic mass is 16.5. The van der Waals surface area contributed by atoms with Gasteiger partial charge in [0.2, 0.25) is 11.7 Å². The molecule has 1 aliphatic rings. The summed E-state index contributed by atoms with van der Waals surface area (Å²) < 4.78 is 16.3. The lowest BCUT2D eigenvalue weighted by Gasteiger charge is -2.38. The van der Waals surface area contributed by atoms with Crippen LogP contribution in [0.4, 0.5) is 0 Å². The lowest BCUT2D eigenvalue weighted by molar-refractivity contribution is 0.261. The maximum absolute atomic E-state index is 5.60. The first-order valence-corrected chi connectivity index (χ1v) is 10.3. The van der Waals surface area contributed by atoms with Crippen LogP contribution in [0.25, 0.3) is 11.4 Å². The minimum atomic E-state index is 0.216. The second-order valence-corrected chi connectivity index (χ2v) is 7.82. The van der Waals surface area contributed by atoms with Gasteiger partial charge in [-0.05, 0) is 42.4 Å². The molecule has 3 aromatic rings. The third kappa shape index (κ3) is 4.29. The van der Waals surface area contributed by atoms with Gasteiger partial charge in [0.05, 0.1) is 14.2 Å². The van der Waals surface area contributed by atoms with Crippen LogP contribution >= 0.6 is 0 Å². The largest absolute Gasteiger partial charge is 0.497 e. The molecule has 1 fully saturated rings. The summed E-state index contributed by atoms with van der Waals surface area (Å²) in [7, 11) is 3.26. The van der Waals surface area contributed by atoms with Crippen molar-refractivity contribution in [1.82, 2.24) is 10.1 Å². The van der Waals surface area contributed by atoms with E-state index in [1.54, 1.807) is 14.2 Å². The number of aromatic nitrogens is 2. The van der Waals surface area contributed by atoms with Crippen molar-refractivity contribution in [2.45, 2.75) is 50.4 Å². The van der Waals surface area contributed by atoms with Crippen molar-refractivity contribution in [1.29, 1.82) is 0 Å². The van der Waals surface area contributed by atoms with Crippen molar-refractivity contribution in [3.63, 3.8) is 0 Å². The molecule has 0 atom stereocenters. The van der Waals surface area contributed by atoms with Crippen molar-refractivity contribution >= 4 is 0 Å². The van der Waals surface area contributed by atoms with Crippen LogP contribution in [0.3, 0.4) is 0 Å². The fourth-order valence-electron chi connectivity index (χ4n) is 4.46. The molecular weight excluding hydrogens is 364 g/mol. The quantitative estimate of drug-likeness (QED) is 0.525. The smallest absolute Gasteiger partial charge is 0.226 e. The predicted octanol–water partition coefficient (Wildman–Crippen LogP) is 5.59.